The van der Waals surface area contributed by atoms with Gasteiger partial charge in [0.05, 0.1) is 11.7 Å². The van der Waals surface area contributed by atoms with Crippen LogP contribution in [-0.2, 0) is 6.42 Å². The molecule has 1 aliphatic heterocycles. The number of likely N-dealkylation sites (tertiary alicyclic amines) is 1. The van der Waals surface area contributed by atoms with Gasteiger partial charge in [-0.15, -0.1) is 0 Å². The van der Waals surface area contributed by atoms with Gasteiger partial charge < -0.3 is 15.1 Å². The van der Waals surface area contributed by atoms with Crippen LogP contribution in [0.2, 0.25) is 0 Å². The highest BCUT2D eigenvalue weighted by Crippen LogP contribution is 2.21. The van der Waals surface area contributed by atoms with Gasteiger partial charge in [-0.2, -0.15) is 0 Å². The molecule has 1 aromatic heterocycles. The topological polar surface area (TPSA) is 56.6 Å². The highest BCUT2D eigenvalue weighted by atomic mass is 16.3. The van der Waals surface area contributed by atoms with Crippen LogP contribution in [0.5, 0.6) is 0 Å². The normalized spacial score (nSPS) is 29.4. The van der Waals surface area contributed by atoms with E-state index in [0.717, 1.165) is 30.9 Å². The number of pyridine rings is 1. The summed E-state index contributed by atoms with van der Waals surface area (Å²) in [6.45, 7) is 5.95. The molecule has 0 saturated carbocycles. The van der Waals surface area contributed by atoms with Crippen molar-refractivity contribution in [3.63, 3.8) is 0 Å². The Balaban J connectivity index is 1.85. The number of hydrogen-bond acceptors (Lipinski definition) is 4. The van der Waals surface area contributed by atoms with Gasteiger partial charge in [0.2, 0.25) is 0 Å². The molecule has 0 amide bonds. The molecule has 1 saturated heterocycles. The fraction of sp³-hybridized carbons (Fsp3) is 0.643. The van der Waals surface area contributed by atoms with Gasteiger partial charge in [0.15, 0.2) is 0 Å². The molecule has 18 heavy (non-hydrogen) atoms. The molecule has 0 aromatic carbocycles. The zero-order valence-corrected chi connectivity index (χ0v) is 11.1. The molecule has 0 bridgehead atoms. The van der Waals surface area contributed by atoms with Crippen LogP contribution in [0.1, 0.15) is 24.7 Å². The van der Waals surface area contributed by atoms with Gasteiger partial charge in [-0.25, -0.2) is 0 Å². The molecule has 4 nitrogen and oxygen atoms in total. The summed E-state index contributed by atoms with van der Waals surface area (Å²) in [7, 11) is 0. The number of nitrogens with zero attached hydrogens (tertiary/aromatic N) is 2. The number of aromatic nitrogens is 1. The summed E-state index contributed by atoms with van der Waals surface area (Å²) in [5.74, 6) is 0. The van der Waals surface area contributed by atoms with Crippen molar-refractivity contribution >= 4 is 0 Å². The highest BCUT2D eigenvalue weighted by molar-refractivity contribution is 5.10. The summed E-state index contributed by atoms with van der Waals surface area (Å²) in [5.41, 5.74) is 1.19. The molecule has 4 heteroatoms. The van der Waals surface area contributed by atoms with Crippen LogP contribution in [0.25, 0.3) is 0 Å². The minimum atomic E-state index is -0.932. The van der Waals surface area contributed by atoms with Crippen LogP contribution in [0, 0.1) is 6.92 Å². The van der Waals surface area contributed by atoms with Gasteiger partial charge >= 0.3 is 0 Å². The van der Waals surface area contributed by atoms with E-state index in [1.54, 1.807) is 6.92 Å². The molecule has 1 aromatic rings. The predicted octanol–water partition coefficient (Wildman–Crippen LogP) is 0.750. The van der Waals surface area contributed by atoms with Crippen LogP contribution in [-0.4, -0.2) is 51.4 Å². The lowest BCUT2D eigenvalue weighted by Crippen LogP contribution is -2.54. The van der Waals surface area contributed by atoms with Gasteiger partial charge in [0.25, 0.3) is 0 Å². The summed E-state index contributed by atoms with van der Waals surface area (Å²) in [4.78, 5) is 6.65. The monoisotopic (exact) mass is 250 g/mol. The van der Waals surface area contributed by atoms with Crippen molar-refractivity contribution in [2.75, 3.05) is 19.6 Å². The van der Waals surface area contributed by atoms with E-state index in [4.69, 9.17) is 0 Å². The van der Waals surface area contributed by atoms with Crippen LogP contribution < -0.4 is 0 Å². The van der Waals surface area contributed by atoms with E-state index in [0.29, 0.717) is 13.0 Å². The zero-order chi connectivity index (χ0) is 13.2. The Morgan fingerprint density at radius 2 is 2.28 bits per heavy atom. The van der Waals surface area contributed by atoms with Crippen LogP contribution in [0.15, 0.2) is 18.2 Å². The second-order valence-corrected chi connectivity index (χ2v) is 5.44. The van der Waals surface area contributed by atoms with Gasteiger partial charge in [-0.1, -0.05) is 6.07 Å². The van der Waals surface area contributed by atoms with Crippen molar-refractivity contribution in [1.29, 1.82) is 0 Å². The molecule has 2 rings (SSSR count). The Bertz CT molecular complexity index is 407. The molecule has 1 aliphatic rings. The first-order chi connectivity index (χ1) is 8.47. The lowest BCUT2D eigenvalue weighted by molar-refractivity contribution is -0.106. The number of aliphatic hydroxyl groups excluding tert-OH is 1. The second kappa shape index (κ2) is 5.34. The van der Waals surface area contributed by atoms with Gasteiger partial charge in [0.1, 0.15) is 0 Å². The number of hydrogen-bond donors (Lipinski definition) is 2. The van der Waals surface area contributed by atoms with Crippen LogP contribution in [0.3, 0.4) is 0 Å². The summed E-state index contributed by atoms with van der Waals surface area (Å²) in [6, 6.07) is 6.04. The van der Waals surface area contributed by atoms with Crippen molar-refractivity contribution in [1.82, 2.24) is 9.88 Å². The Hall–Kier alpha value is -0.970. The lowest BCUT2D eigenvalue weighted by atomic mass is 9.91. The fourth-order valence-corrected chi connectivity index (χ4v) is 2.30. The zero-order valence-electron chi connectivity index (χ0n) is 11.1. The Morgan fingerprint density at radius 1 is 1.50 bits per heavy atom. The molecule has 0 aliphatic carbocycles. The molecule has 2 atom stereocenters. The molecule has 0 spiro atoms. The molecular weight excluding hydrogens is 228 g/mol. The third-order valence-corrected chi connectivity index (χ3v) is 3.71. The van der Waals surface area contributed by atoms with Crippen molar-refractivity contribution in [3.8, 4) is 0 Å². The molecule has 1 fully saturated rings. The first kappa shape index (κ1) is 13.5. The first-order valence-corrected chi connectivity index (χ1v) is 6.53. The van der Waals surface area contributed by atoms with Crippen LogP contribution >= 0.6 is 0 Å². The van der Waals surface area contributed by atoms with Crippen LogP contribution in [0.4, 0.5) is 0 Å². The molecule has 2 N–H and O–H groups in total. The number of aliphatic hydroxyl groups is 2. The minimum absolute atomic E-state index is 0.540. The minimum Gasteiger partial charge on any atom is -0.389 e. The van der Waals surface area contributed by atoms with E-state index >= 15 is 0 Å². The van der Waals surface area contributed by atoms with Crippen molar-refractivity contribution in [3.05, 3.63) is 29.6 Å². The van der Waals surface area contributed by atoms with Crippen molar-refractivity contribution in [2.24, 2.45) is 0 Å². The largest absolute Gasteiger partial charge is 0.389 e. The summed E-state index contributed by atoms with van der Waals surface area (Å²) in [6.07, 6.45) is 0.850. The standard InChI is InChI=1S/C14H22N2O2/c1-11-4-3-5-12(15-11)6-8-16-9-7-14(2,18)13(17)10-16/h3-5,13,17-18H,6-10H2,1-2H3/t13-,14-/m1/s1. The van der Waals surface area contributed by atoms with Gasteiger partial charge in [-0.3, -0.25) is 4.98 Å². The summed E-state index contributed by atoms with van der Waals surface area (Å²) >= 11 is 0. The van der Waals surface area contributed by atoms with Crippen molar-refractivity contribution in [2.45, 2.75) is 38.4 Å². The molecule has 0 unspecified atom stereocenters. The molecule has 100 valence electrons. The van der Waals surface area contributed by atoms with Gasteiger partial charge in [0, 0.05) is 37.4 Å². The van der Waals surface area contributed by atoms with Gasteiger partial charge in [-0.05, 0) is 32.4 Å². The van der Waals surface area contributed by atoms with E-state index in [9.17, 15) is 10.2 Å². The average molecular weight is 250 g/mol. The smallest absolute Gasteiger partial charge is 0.0951 e. The quantitative estimate of drug-likeness (QED) is 0.831. The van der Waals surface area contributed by atoms with E-state index in [1.807, 2.05) is 25.1 Å². The molecule has 2 heterocycles. The Morgan fingerprint density at radius 3 is 2.94 bits per heavy atom. The molecule has 0 radical (unpaired) electrons. The number of piperidine rings is 1. The number of rotatable bonds is 3. The third-order valence-electron chi connectivity index (χ3n) is 3.71. The lowest BCUT2D eigenvalue weighted by Gasteiger charge is -2.39. The number of aryl methyl sites for hydroxylation is 1. The Labute approximate surface area is 108 Å². The highest BCUT2D eigenvalue weighted by Gasteiger charge is 2.35. The SMILES string of the molecule is Cc1cccc(CCN2CC[C@@](C)(O)[C@H](O)C2)n1. The Kier molecular flexibility index (Phi) is 4.00. The predicted molar refractivity (Wildman–Crippen MR) is 70.4 cm³/mol. The molecular formula is C14H22N2O2. The van der Waals surface area contributed by atoms with E-state index < -0.39 is 11.7 Å². The maximum atomic E-state index is 9.89. The third kappa shape index (κ3) is 3.28. The van der Waals surface area contributed by atoms with Crippen molar-refractivity contribution < 1.29 is 10.2 Å². The second-order valence-electron chi connectivity index (χ2n) is 5.44. The fourth-order valence-electron chi connectivity index (χ4n) is 2.30. The number of β-amino-alcohol motifs (C(OH)–C–C–N with tert-alkyl or cyclic N) is 1. The van der Waals surface area contributed by atoms with E-state index in [-0.39, 0.29) is 0 Å². The summed E-state index contributed by atoms with van der Waals surface area (Å²) < 4.78 is 0. The summed E-state index contributed by atoms with van der Waals surface area (Å²) in [5, 5.41) is 19.7. The maximum Gasteiger partial charge on any atom is 0.0951 e. The maximum absolute atomic E-state index is 9.89. The van der Waals surface area contributed by atoms with E-state index in [1.165, 1.54) is 0 Å². The first-order valence-electron chi connectivity index (χ1n) is 6.53. The average Bonchev–Trinajstić information content (AvgIpc) is 2.31. The van der Waals surface area contributed by atoms with E-state index in [2.05, 4.69) is 9.88 Å².